The largest absolute Gasteiger partial charge is 0.507 e. The highest BCUT2D eigenvalue weighted by Crippen LogP contribution is 2.40. The third-order valence-corrected chi connectivity index (χ3v) is 6.49. The molecular weight excluding hydrogens is 444 g/mol. The fourth-order valence-corrected chi connectivity index (χ4v) is 4.47. The van der Waals surface area contributed by atoms with Crippen LogP contribution in [-0.2, 0) is 14.3 Å². The van der Waals surface area contributed by atoms with Crippen molar-refractivity contribution in [3.8, 4) is 5.75 Å². The first-order valence-electron chi connectivity index (χ1n) is 12.3. The van der Waals surface area contributed by atoms with Gasteiger partial charge in [-0.25, -0.2) is 0 Å². The lowest BCUT2D eigenvalue weighted by molar-refractivity contribution is -0.140. The van der Waals surface area contributed by atoms with E-state index < -0.39 is 17.7 Å². The van der Waals surface area contributed by atoms with Crippen molar-refractivity contribution in [2.24, 2.45) is 5.92 Å². The highest BCUT2D eigenvalue weighted by atomic mass is 16.5. The van der Waals surface area contributed by atoms with Crippen LogP contribution in [0.3, 0.4) is 0 Å². The maximum atomic E-state index is 13.2. The zero-order chi connectivity index (χ0) is 24.8. The molecule has 2 aromatic rings. The maximum Gasteiger partial charge on any atom is 0.295 e. The van der Waals surface area contributed by atoms with Crippen molar-refractivity contribution in [1.29, 1.82) is 0 Å². The number of aliphatic hydroxyl groups is 1. The minimum atomic E-state index is -0.690. The SMILES string of the molecule is CC(C)CCOc1cccc(C2C(=C(O)c3ccccc3)C(=O)C(=O)N2CCN2CCOCC2)c1. The lowest BCUT2D eigenvalue weighted by Crippen LogP contribution is -2.42. The van der Waals surface area contributed by atoms with Crippen LogP contribution in [0.4, 0.5) is 0 Å². The topological polar surface area (TPSA) is 79.3 Å². The van der Waals surface area contributed by atoms with Gasteiger partial charge in [0, 0.05) is 31.7 Å². The fourth-order valence-electron chi connectivity index (χ4n) is 4.47. The van der Waals surface area contributed by atoms with E-state index in [1.165, 1.54) is 0 Å². The number of Topliss-reactive ketones (excluding diaryl/α,β-unsaturated/α-hetero) is 1. The van der Waals surface area contributed by atoms with Crippen LogP contribution < -0.4 is 4.74 Å². The molecule has 7 nitrogen and oxygen atoms in total. The third-order valence-electron chi connectivity index (χ3n) is 6.49. The van der Waals surface area contributed by atoms with Gasteiger partial charge in [0.05, 0.1) is 31.4 Å². The predicted octanol–water partition coefficient (Wildman–Crippen LogP) is 3.87. The zero-order valence-corrected chi connectivity index (χ0v) is 20.5. The number of carbonyl (C=O) groups is 2. The van der Waals surface area contributed by atoms with E-state index in [1.807, 2.05) is 30.3 Å². The zero-order valence-electron chi connectivity index (χ0n) is 20.5. The molecule has 2 heterocycles. The molecular formula is C28H34N2O5. The standard InChI is InChI=1S/C28H34N2O5/c1-20(2)11-16-35-23-10-6-9-22(19-23)25-24(26(31)21-7-4-3-5-8-21)27(32)28(33)30(25)13-12-29-14-17-34-18-15-29/h3-10,19-20,25,31H,11-18H2,1-2H3. The third kappa shape index (κ3) is 5.92. The van der Waals surface area contributed by atoms with Gasteiger partial charge in [0.25, 0.3) is 11.7 Å². The van der Waals surface area contributed by atoms with Gasteiger partial charge in [-0.1, -0.05) is 56.3 Å². The van der Waals surface area contributed by atoms with Gasteiger partial charge >= 0.3 is 0 Å². The highest BCUT2D eigenvalue weighted by molar-refractivity contribution is 6.46. The molecule has 2 saturated heterocycles. The number of aliphatic hydroxyl groups excluding tert-OH is 1. The minimum Gasteiger partial charge on any atom is -0.507 e. The molecule has 0 saturated carbocycles. The van der Waals surface area contributed by atoms with Crippen LogP contribution in [0, 0.1) is 5.92 Å². The van der Waals surface area contributed by atoms with E-state index in [0.29, 0.717) is 50.1 Å². The van der Waals surface area contributed by atoms with Crippen molar-refractivity contribution in [2.75, 3.05) is 46.0 Å². The summed E-state index contributed by atoms with van der Waals surface area (Å²) in [5.41, 5.74) is 1.36. The second-order valence-electron chi connectivity index (χ2n) is 9.42. The van der Waals surface area contributed by atoms with Gasteiger partial charge < -0.3 is 19.5 Å². The van der Waals surface area contributed by atoms with Gasteiger partial charge in [0.15, 0.2) is 0 Å². The first-order valence-corrected chi connectivity index (χ1v) is 12.3. The number of ketones is 1. The average molecular weight is 479 g/mol. The number of benzene rings is 2. The van der Waals surface area contributed by atoms with Crippen molar-refractivity contribution >= 4 is 17.4 Å². The lowest BCUT2D eigenvalue weighted by atomic mass is 9.95. The van der Waals surface area contributed by atoms with Gasteiger partial charge in [0.1, 0.15) is 11.5 Å². The summed E-state index contributed by atoms with van der Waals surface area (Å²) in [4.78, 5) is 30.2. The van der Waals surface area contributed by atoms with Crippen LogP contribution in [-0.4, -0.2) is 72.6 Å². The molecule has 2 aromatic carbocycles. The van der Waals surface area contributed by atoms with E-state index in [-0.39, 0.29) is 11.3 Å². The smallest absolute Gasteiger partial charge is 0.295 e. The van der Waals surface area contributed by atoms with Crippen LogP contribution in [0.15, 0.2) is 60.2 Å². The van der Waals surface area contributed by atoms with Crippen LogP contribution in [0.5, 0.6) is 5.75 Å². The number of rotatable bonds is 9. The van der Waals surface area contributed by atoms with Gasteiger partial charge in [-0.05, 0) is 30.0 Å². The van der Waals surface area contributed by atoms with Crippen LogP contribution in [0.2, 0.25) is 0 Å². The molecule has 7 heteroatoms. The molecule has 0 radical (unpaired) electrons. The molecule has 0 spiro atoms. The molecule has 1 amide bonds. The van der Waals surface area contributed by atoms with E-state index >= 15 is 0 Å². The molecule has 4 rings (SSSR count). The lowest BCUT2D eigenvalue weighted by Gasteiger charge is -2.31. The Hall–Kier alpha value is -3.16. The summed E-state index contributed by atoms with van der Waals surface area (Å²) >= 11 is 0. The monoisotopic (exact) mass is 478 g/mol. The molecule has 2 aliphatic rings. The Morgan fingerprint density at radius 3 is 2.51 bits per heavy atom. The summed E-state index contributed by atoms with van der Waals surface area (Å²) in [5.74, 6) is -0.205. The minimum absolute atomic E-state index is 0.113. The summed E-state index contributed by atoms with van der Waals surface area (Å²) < 4.78 is 11.4. The molecule has 2 fully saturated rings. The normalized spacial score (nSPS) is 20.5. The van der Waals surface area contributed by atoms with Crippen molar-refractivity contribution in [3.05, 3.63) is 71.3 Å². The molecule has 2 aliphatic heterocycles. The Bertz CT molecular complexity index is 1060. The molecule has 0 aromatic heterocycles. The van der Waals surface area contributed by atoms with Gasteiger partial charge in [-0.15, -0.1) is 0 Å². The number of nitrogens with zero attached hydrogens (tertiary/aromatic N) is 2. The fraction of sp³-hybridized carbons (Fsp3) is 0.429. The van der Waals surface area contributed by atoms with Crippen molar-refractivity contribution in [1.82, 2.24) is 9.80 Å². The molecule has 1 unspecified atom stereocenters. The van der Waals surface area contributed by atoms with Crippen molar-refractivity contribution < 1.29 is 24.2 Å². The van der Waals surface area contributed by atoms with E-state index in [0.717, 1.165) is 25.1 Å². The van der Waals surface area contributed by atoms with Crippen LogP contribution >= 0.6 is 0 Å². The van der Waals surface area contributed by atoms with E-state index in [1.54, 1.807) is 29.2 Å². The van der Waals surface area contributed by atoms with Crippen molar-refractivity contribution in [3.63, 3.8) is 0 Å². The number of carbonyl (C=O) groups excluding carboxylic acids is 2. The molecule has 1 N–H and O–H groups in total. The van der Waals surface area contributed by atoms with Gasteiger partial charge in [-0.2, -0.15) is 0 Å². The quantitative estimate of drug-likeness (QED) is 0.335. The number of hydrogen-bond acceptors (Lipinski definition) is 6. The Labute approximate surface area is 206 Å². The number of hydrogen-bond donors (Lipinski definition) is 1. The Kier molecular flexibility index (Phi) is 8.21. The van der Waals surface area contributed by atoms with Crippen LogP contribution in [0.1, 0.15) is 37.4 Å². The van der Waals surface area contributed by atoms with E-state index in [4.69, 9.17) is 9.47 Å². The molecule has 0 aliphatic carbocycles. The Balaban J connectivity index is 1.68. The summed E-state index contributed by atoms with van der Waals surface area (Å²) in [6.07, 6.45) is 0.927. The first kappa shape index (κ1) is 24.9. The second kappa shape index (κ2) is 11.5. The number of ether oxygens (including phenoxy) is 2. The predicted molar refractivity (Wildman–Crippen MR) is 134 cm³/mol. The molecule has 1 atom stereocenters. The maximum absolute atomic E-state index is 13.2. The molecule has 35 heavy (non-hydrogen) atoms. The van der Waals surface area contributed by atoms with E-state index in [9.17, 15) is 14.7 Å². The van der Waals surface area contributed by atoms with Gasteiger partial charge in [0.2, 0.25) is 0 Å². The van der Waals surface area contributed by atoms with E-state index in [2.05, 4.69) is 18.7 Å². The Morgan fingerprint density at radius 2 is 1.80 bits per heavy atom. The Morgan fingerprint density at radius 1 is 1.06 bits per heavy atom. The first-order chi connectivity index (χ1) is 17.0. The second-order valence-corrected chi connectivity index (χ2v) is 9.42. The summed E-state index contributed by atoms with van der Waals surface area (Å²) in [6.45, 7) is 8.77. The number of morpholine rings is 1. The summed E-state index contributed by atoms with van der Waals surface area (Å²) in [6, 6.07) is 15.7. The van der Waals surface area contributed by atoms with Crippen LogP contribution in [0.25, 0.3) is 5.76 Å². The molecule has 0 bridgehead atoms. The highest BCUT2D eigenvalue weighted by Gasteiger charge is 2.46. The number of amides is 1. The van der Waals surface area contributed by atoms with Gasteiger partial charge in [-0.3, -0.25) is 14.5 Å². The summed E-state index contributed by atoms with van der Waals surface area (Å²) in [5, 5.41) is 11.2. The number of likely N-dealkylation sites (tertiary alicyclic amines) is 1. The average Bonchev–Trinajstić information content (AvgIpc) is 3.13. The molecule has 186 valence electrons. The van der Waals surface area contributed by atoms with Crippen molar-refractivity contribution in [2.45, 2.75) is 26.3 Å². The summed E-state index contributed by atoms with van der Waals surface area (Å²) in [7, 11) is 0.